The molecule has 18 heavy (non-hydrogen) atoms. The molecule has 0 aromatic carbocycles. The lowest BCUT2D eigenvalue weighted by Crippen LogP contribution is -2.50. The standard InChI is InChI=1S/C13H27N3O2/c1-7-9(2)15-12(18)10(3)14-8-11(17)16-13(4,5)6/h9-10,14H,7-8H2,1-6H3,(H,15,18)(H,16,17). The molecule has 0 aliphatic heterocycles. The predicted octanol–water partition coefficient (Wildman–Crippen LogP) is 0.794. The minimum Gasteiger partial charge on any atom is -0.352 e. The molecule has 0 rings (SSSR count). The van der Waals surface area contributed by atoms with Crippen molar-refractivity contribution in [2.24, 2.45) is 0 Å². The molecule has 3 N–H and O–H groups in total. The highest BCUT2D eigenvalue weighted by Crippen LogP contribution is 1.97. The van der Waals surface area contributed by atoms with Crippen LogP contribution < -0.4 is 16.0 Å². The lowest BCUT2D eigenvalue weighted by Gasteiger charge is -2.22. The molecular weight excluding hydrogens is 230 g/mol. The van der Waals surface area contributed by atoms with Gasteiger partial charge in [-0.25, -0.2) is 0 Å². The van der Waals surface area contributed by atoms with Gasteiger partial charge >= 0.3 is 0 Å². The van der Waals surface area contributed by atoms with E-state index in [9.17, 15) is 9.59 Å². The molecule has 0 aromatic rings. The van der Waals surface area contributed by atoms with Gasteiger partial charge < -0.3 is 10.6 Å². The van der Waals surface area contributed by atoms with Gasteiger partial charge in [-0.1, -0.05) is 6.92 Å². The zero-order chi connectivity index (χ0) is 14.3. The minimum atomic E-state index is -0.371. The second-order valence-electron chi connectivity index (χ2n) is 5.72. The first-order valence-electron chi connectivity index (χ1n) is 6.50. The molecule has 0 saturated carbocycles. The summed E-state index contributed by atoms with van der Waals surface area (Å²) in [4.78, 5) is 23.3. The zero-order valence-corrected chi connectivity index (χ0v) is 12.4. The van der Waals surface area contributed by atoms with Crippen molar-refractivity contribution < 1.29 is 9.59 Å². The van der Waals surface area contributed by atoms with Crippen molar-refractivity contribution in [2.75, 3.05) is 6.54 Å². The Balaban J connectivity index is 3.99. The third-order valence-corrected chi connectivity index (χ3v) is 2.48. The normalized spacial score (nSPS) is 14.8. The van der Waals surface area contributed by atoms with Gasteiger partial charge in [0.1, 0.15) is 0 Å². The third kappa shape index (κ3) is 8.06. The van der Waals surface area contributed by atoms with Crippen molar-refractivity contribution in [3.63, 3.8) is 0 Å². The maximum absolute atomic E-state index is 11.7. The Bertz CT molecular complexity index is 284. The van der Waals surface area contributed by atoms with Gasteiger partial charge in [-0.2, -0.15) is 0 Å². The van der Waals surface area contributed by atoms with Gasteiger partial charge in [-0.3, -0.25) is 14.9 Å². The van der Waals surface area contributed by atoms with Crippen LogP contribution in [0.2, 0.25) is 0 Å². The molecule has 5 nitrogen and oxygen atoms in total. The summed E-state index contributed by atoms with van der Waals surface area (Å²) in [6.45, 7) is 11.6. The Morgan fingerprint density at radius 2 is 1.72 bits per heavy atom. The molecule has 106 valence electrons. The highest BCUT2D eigenvalue weighted by molar-refractivity contribution is 5.83. The summed E-state index contributed by atoms with van der Waals surface area (Å²) in [7, 11) is 0. The highest BCUT2D eigenvalue weighted by atomic mass is 16.2. The molecule has 2 atom stereocenters. The van der Waals surface area contributed by atoms with Gasteiger partial charge in [0.25, 0.3) is 0 Å². The van der Waals surface area contributed by atoms with Crippen LogP contribution in [0.1, 0.15) is 48.0 Å². The van der Waals surface area contributed by atoms with Crippen molar-refractivity contribution in [3.05, 3.63) is 0 Å². The number of rotatable bonds is 6. The Labute approximate surface area is 110 Å². The largest absolute Gasteiger partial charge is 0.352 e. The number of carbonyl (C=O) groups excluding carboxylic acids is 2. The van der Waals surface area contributed by atoms with E-state index < -0.39 is 0 Å². The van der Waals surface area contributed by atoms with Crippen LogP contribution >= 0.6 is 0 Å². The summed E-state index contributed by atoms with van der Waals surface area (Å²) in [5.74, 6) is -0.182. The maximum Gasteiger partial charge on any atom is 0.237 e. The van der Waals surface area contributed by atoms with Gasteiger partial charge in [-0.05, 0) is 41.0 Å². The van der Waals surface area contributed by atoms with Crippen molar-refractivity contribution in [2.45, 2.75) is 65.6 Å². The van der Waals surface area contributed by atoms with Crippen LogP contribution in [0.25, 0.3) is 0 Å². The average molecular weight is 257 g/mol. The van der Waals surface area contributed by atoms with Crippen LogP contribution in [-0.4, -0.2) is 36.0 Å². The molecule has 2 unspecified atom stereocenters. The molecule has 0 fully saturated rings. The molecule has 0 aliphatic rings. The fourth-order valence-electron chi connectivity index (χ4n) is 1.27. The fourth-order valence-corrected chi connectivity index (χ4v) is 1.27. The van der Waals surface area contributed by atoms with Crippen LogP contribution in [0.5, 0.6) is 0 Å². The quantitative estimate of drug-likeness (QED) is 0.659. The predicted molar refractivity (Wildman–Crippen MR) is 73.3 cm³/mol. The molecule has 0 heterocycles. The molecule has 0 aromatic heterocycles. The van der Waals surface area contributed by atoms with Crippen LogP contribution in [0.4, 0.5) is 0 Å². The molecular formula is C13H27N3O2. The van der Waals surface area contributed by atoms with Crippen molar-refractivity contribution in [1.29, 1.82) is 0 Å². The maximum atomic E-state index is 11.7. The second kappa shape index (κ2) is 7.36. The second-order valence-corrected chi connectivity index (χ2v) is 5.72. The smallest absolute Gasteiger partial charge is 0.237 e. The monoisotopic (exact) mass is 257 g/mol. The van der Waals surface area contributed by atoms with Crippen molar-refractivity contribution >= 4 is 11.8 Å². The summed E-state index contributed by atoms with van der Waals surface area (Å²) in [5, 5.41) is 8.61. The van der Waals surface area contributed by atoms with E-state index >= 15 is 0 Å². The van der Waals surface area contributed by atoms with E-state index in [0.717, 1.165) is 6.42 Å². The van der Waals surface area contributed by atoms with Gasteiger partial charge in [0.2, 0.25) is 11.8 Å². The molecule has 0 aliphatic carbocycles. The zero-order valence-electron chi connectivity index (χ0n) is 12.4. The average Bonchev–Trinajstić information content (AvgIpc) is 2.23. The minimum absolute atomic E-state index is 0.0760. The van der Waals surface area contributed by atoms with E-state index in [4.69, 9.17) is 0 Å². The number of carbonyl (C=O) groups is 2. The van der Waals surface area contributed by atoms with Crippen LogP contribution in [0.15, 0.2) is 0 Å². The van der Waals surface area contributed by atoms with Gasteiger partial charge in [0.05, 0.1) is 12.6 Å². The van der Waals surface area contributed by atoms with Gasteiger partial charge in [-0.15, -0.1) is 0 Å². The topological polar surface area (TPSA) is 70.2 Å². The molecule has 0 spiro atoms. The van der Waals surface area contributed by atoms with E-state index in [-0.39, 0.29) is 36.0 Å². The Morgan fingerprint density at radius 3 is 2.17 bits per heavy atom. The lowest BCUT2D eigenvalue weighted by atomic mass is 10.1. The molecule has 0 saturated heterocycles. The van der Waals surface area contributed by atoms with Crippen molar-refractivity contribution in [3.8, 4) is 0 Å². The van der Waals surface area contributed by atoms with Crippen LogP contribution in [0.3, 0.4) is 0 Å². The summed E-state index contributed by atoms with van der Waals surface area (Å²) in [6, 6.07) is -0.213. The number of nitrogens with one attached hydrogen (secondary N) is 3. The van der Waals surface area contributed by atoms with Crippen LogP contribution in [0, 0.1) is 0 Å². The summed E-state index contributed by atoms with van der Waals surface area (Å²) < 4.78 is 0. The van der Waals surface area contributed by atoms with Gasteiger partial charge in [0.15, 0.2) is 0 Å². The summed E-state index contributed by atoms with van der Waals surface area (Å²) in [6.07, 6.45) is 0.892. The fraction of sp³-hybridized carbons (Fsp3) is 0.846. The van der Waals surface area contributed by atoms with E-state index in [1.54, 1.807) is 6.92 Å². The number of amides is 2. The molecule has 0 bridgehead atoms. The first kappa shape index (κ1) is 16.9. The van der Waals surface area contributed by atoms with E-state index in [0.29, 0.717) is 0 Å². The molecule has 5 heteroatoms. The summed E-state index contributed by atoms with van der Waals surface area (Å²) in [5.41, 5.74) is -0.249. The molecule has 2 amide bonds. The number of hydrogen-bond donors (Lipinski definition) is 3. The lowest BCUT2D eigenvalue weighted by molar-refractivity contribution is -0.124. The van der Waals surface area contributed by atoms with E-state index in [2.05, 4.69) is 16.0 Å². The first-order chi connectivity index (χ1) is 8.15. The third-order valence-electron chi connectivity index (χ3n) is 2.48. The van der Waals surface area contributed by atoms with Crippen LogP contribution in [-0.2, 0) is 9.59 Å². The number of hydrogen-bond acceptors (Lipinski definition) is 3. The Kier molecular flexibility index (Phi) is 6.91. The van der Waals surface area contributed by atoms with E-state index in [1.165, 1.54) is 0 Å². The Hall–Kier alpha value is -1.10. The first-order valence-corrected chi connectivity index (χ1v) is 6.50. The summed E-state index contributed by atoms with van der Waals surface area (Å²) >= 11 is 0. The SMILES string of the molecule is CCC(C)NC(=O)C(C)NCC(=O)NC(C)(C)C. The highest BCUT2D eigenvalue weighted by Gasteiger charge is 2.17. The Morgan fingerprint density at radius 1 is 1.17 bits per heavy atom. The van der Waals surface area contributed by atoms with Crippen molar-refractivity contribution in [1.82, 2.24) is 16.0 Å². The molecule has 0 radical (unpaired) electrons. The van der Waals surface area contributed by atoms with E-state index in [1.807, 2.05) is 34.6 Å². The van der Waals surface area contributed by atoms with Gasteiger partial charge in [0, 0.05) is 11.6 Å².